The van der Waals surface area contributed by atoms with Crippen LogP contribution in [-0.4, -0.2) is 16.7 Å². The van der Waals surface area contributed by atoms with Gasteiger partial charge in [0.1, 0.15) is 5.69 Å². The van der Waals surface area contributed by atoms with Gasteiger partial charge in [-0.2, -0.15) is 0 Å². The summed E-state index contributed by atoms with van der Waals surface area (Å²) in [4.78, 5) is 39.6. The van der Waals surface area contributed by atoms with Gasteiger partial charge in [-0.1, -0.05) is 88.7 Å². The van der Waals surface area contributed by atoms with E-state index in [0.717, 1.165) is 27.2 Å². The fourth-order valence-corrected chi connectivity index (χ4v) is 6.22. The molecular weight excluding hydrogens is 508 g/mol. The van der Waals surface area contributed by atoms with Crippen molar-refractivity contribution >= 4 is 44.7 Å². The quantitative estimate of drug-likeness (QED) is 0.187. The molecule has 2 bridgehead atoms. The van der Waals surface area contributed by atoms with E-state index in [4.69, 9.17) is 0 Å². The zero-order valence-electron chi connectivity index (χ0n) is 18.4. The number of nitro benzene ring substituents is 1. The fourth-order valence-electron chi connectivity index (χ4n) is 5.88. The monoisotopic (exact) mass is 526 g/mol. The lowest BCUT2D eigenvalue weighted by atomic mass is 9.85. The molecule has 4 atom stereocenters. The van der Waals surface area contributed by atoms with Gasteiger partial charge in [-0.15, -0.1) is 0 Å². The summed E-state index contributed by atoms with van der Waals surface area (Å²) in [6.45, 7) is 0. The molecule has 0 N–H and O–H groups in total. The van der Waals surface area contributed by atoms with Crippen LogP contribution >= 0.6 is 15.9 Å². The first-order valence-corrected chi connectivity index (χ1v) is 12.1. The maximum Gasteiger partial charge on any atom is 0.294 e. The minimum absolute atomic E-state index is 0.0267. The van der Waals surface area contributed by atoms with Crippen LogP contribution in [0, 0.1) is 33.8 Å². The van der Waals surface area contributed by atoms with E-state index in [-0.39, 0.29) is 35.0 Å². The Morgan fingerprint density at radius 1 is 0.800 bits per heavy atom. The highest BCUT2D eigenvalue weighted by molar-refractivity contribution is 9.10. The standard InChI is InChI=1S/C28H19BrN2O4/c29-18-11-14-21(22(15-18)31(34)35)30-27(32)25-19-12-13-20(26(25)28(30)33)24(19)23(16-7-3-1-4-8-16)17-9-5-2-6-10-17/h1-15,19-20,25-26H/t19-,20-,25-,26-/m1/s1. The van der Waals surface area contributed by atoms with Gasteiger partial charge in [0.25, 0.3) is 5.69 Å². The van der Waals surface area contributed by atoms with Crippen molar-refractivity contribution in [3.05, 3.63) is 122 Å². The van der Waals surface area contributed by atoms with Crippen LogP contribution in [-0.2, 0) is 9.59 Å². The van der Waals surface area contributed by atoms with Crippen molar-refractivity contribution in [1.82, 2.24) is 0 Å². The average molecular weight is 527 g/mol. The number of carbonyl (C=O) groups excluding carboxylic acids is 2. The number of hydrogen-bond donors (Lipinski definition) is 0. The van der Waals surface area contributed by atoms with E-state index in [1.165, 1.54) is 12.1 Å². The van der Waals surface area contributed by atoms with Crippen LogP contribution in [0.3, 0.4) is 0 Å². The number of rotatable bonds is 4. The second-order valence-electron chi connectivity index (χ2n) is 8.95. The molecule has 3 aromatic carbocycles. The Morgan fingerprint density at radius 3 is 1.80 bits per heavy atom. The molecule has 0 radical (unpaired) electrons. The number of carbonyl (C=O) groups is 2. The molecule has 6 nitrogen and oxygen atoms in total. The number of nitrogens with zero attached hydrogens (tertiary/aromatic N) is 2. The van der Waals surface area contributed by atoms with Crippen LogP contribution < -0.4 is 4.90 Å². The maximum atomic E-state index is 13.7. The van der Waals surface area contributed by atoms with E-state index in [2.05, 4.69) is 15.9 Å². The second-order valence-corrected chi connectivity index (χ2v) is 9.87. The minimum atomic E-state index is -0.571. The number of benzene rings is 3. The molecule has 0 spiro atoms. The SMILES string of the molecule is O=C1[C@H]2[C@H](C(=O)N1c1ccc(Br)cc1[N+](=O)[O-])[C@@H]1C=C[C@@H]2C1=C(c1ccccc1)c1ccccc1. The van der Waals surface area contributed by atoms with E-state index in [1.54, 1.807) is 6.07 Å². The van der Waals surface area contributed by atoms with Crippen LogP contribution in [0.5, 0.6) is 0 Å². The van der Waals surface area contributed by atoms with Gasteiger partial charge < -0.3 is 0 Å². The van der Waals surface area contributed by atoms with Gasteiger partial charge in [-0.05, 0) is 34.4 Å². The van der Waals surface area contributed by atoms with E-state index in [9.17, 15) is 19.7 Å². The average Bonchev–Trinajstić information content (AvgIpc) is 3.50. The number of hydrogen-bond acceptors (Lipinski definition) is 4. The zero-order chi connectivity index (χ0) is 24.3. The number of fused-ring (bicyclic) bond motifs is 5. The predicted octanol–water partition coefficient (Wildman–Crippen LogP) is 5.78. The minimum Gasteiger partial charge on any atom is -0.274 e. The summed E-state index contributed by atoms with van der Waals surface area (Å²) in [5.41, 5.74) is 3.94. The zero-order valence-corrected chi connectivity index (χ0v) is 20.0. The van der Waals surface area contributed by atoms with Gasteiger partial charge >= 0.3 is 0 Å². The molecule has 35 heavy (non-hydrogen) atoms. The molecule has 6 rings (SSSR count). The highest BCUT2D eigenvalue weighted by Crippen LogP contribution is 2.59. The Bertz CT molecular complexity index is 1370. The molecule has 1 saturated heterocycles. The van der Waals surface area contributed by atoms with E-state index >= 15 is 0 Å². The summed E-state index contributed by atoms with van der Waals surface area (Å²) in [7, 11) is 0. The first kappa shape index (κ1) is 21.7. The smallest absolute Gasteiger partial charge is 0.274 e. The number of amides is 2. The molecule has 3 aromatic rings. The molecule has 2 aliphatic carbocycles. The maximum absolute atomic E-state index is 13.7. The second kappa shape index (κ2) is 8.13. The van der Waals surface area contributed by atoms with Gasteiger partial charge in [0.15, 0.2) is 0 Å². The topological polar surface area (TPSA) is 80.5 Å². The molecule has 172 valence electrons. The number of nitro groups is 1. The van der Waals surface area contributed by atoms with Crippen molar-refractivity contribution in [3.8, 4) is 0 Å². The van der Waals surface area contributed by atoms with Crippen molar-refractivity contribution in [2.24, 2.45) is 23.7 Å². The molecule has 7 heteroatoms. The molecular formula is C28H19BrN2O4. The Hall–Kier alpha value is -3.84. The molecule has 0 aromatic heterocycles. The van der Waals surface area contributed by atoms with E-state index in [0.29, 0.717) is 4.47 Å². The van der Waals surface area contributed by atoms with Gasteiger partial charge in [0.05, 0.1) is 16.8 Å². The third kappa shape index (κ3) is 3.22. The normalized spacial score (nSPS) is 24.3. The van der Waals surface area contributed by atoms with Crippen LogP contribution in [0.2, 0.25) is 0 Å². The first-order valence-electron chi connectivity index (χ1n) is 11.3. The Labute approximate surface area is 209 Å². The number of allylic oxidation sites excluding steroid dienone is 3. The lowest BCUT2D eigenvalue weighted by Gasteiger charge is -2.21. The largest absolute Gasteiger partial charge is 0.294 e. The number of halogens is 1. The third-order valence-electron chi connectivity index (χ3n) is 7.20. The molecule has 3 aliphatic rings. The predicted molar refractivity (Wildman–Crippen MR) is 135 cm³/mol. The Balaban J connectivity index is 1.49. The third-order valence-corrected chi connectivity index (χ3v) is 7.70. The van der Waals surface area contributed by atoms with Gasteiger partial charge in [-0.3, -0.25) is 19.7 Å². The highest BCUT2D eigenvalue weighted by atomic mass is 79.9. The van der Waals surface area contributed by atoms with Crippen molar-refractivity contribution in [2.75, 3.05) is 4.90 Å². The Morgan fingerprint density at radius 2 is 1.31 bits per heavy atom. The molecule has 1 saturated carbocycles. The summed E-state index contributed by atoms with van der Waals surface area (Å²) in [6, 6.07) is 24.4. The van der Waals surface area contributed by atoms with Crippen LogP contribution in [0.1, 0.15) is 11.1 Å². The summed E-state index contributed by atoms with van der Waals surface area (Å²) in [6.07, 6.45) is 4.05. The number of imide groups is 1. The summed E-state index contributed by atoms with van der Waals surface area (Å²) in [5.74, 6) is -2.37. The number of anilines is 1. The van der Waals surface area contributed by atoms with Crippen molar-refractivity contribution in [1.29, 1.82) is 0 Å². The van der Waals surface area contributed by atoms with Crippen LogP contribution in [0.25, 0.3) is 5.57 Å². The van der Waals surface area contributed by atoms with E-state index in [1.807, 2.05) is 72.8 Å². The molecule has 0 unspecified atom stereocenters. The molecule has 1 heterocycles. The van der Waals surface area contributed by atoms with Crippen molar-refractivity contribution in [3.63, 3.8) is 0 Å². The van der Waals surface area contributed by atoms with Gasteiger partial charge in [0.2, 0.25) is 11.8 Å². The summed E-state index contributed by atoms with van der Waals surface area (Å²) in [5, 5.41) is 11.7. The summed E-state index contributed by atoms with van der Waals surface area (Å²) < 4.78 is 0.509. The van der Waals surface area contributed by atoms with Crippen molar-refractivity contribution < 1.29 is 14.5 Å². The van der Waals surface area contributed by atoms with Gasteiger partial charge in [-0.25, -0.2) is 4.90 Å². The van der Waals surface area contributed by atoms with Gasteiger partial charge in [0, 0.05) is 22.4 Å². The first-order chi connectivity index (χ1) is 17.0. The molecule has 2 amide bonds. The van der Waals surface area contributed by atoms with Crippen LogP contribution in [0.4, 0.5) is 11.4 Å². The Kier molecular flexibility index (Phi) is 5.04. The summed E-state index contributed by atoms with van der Waals surface area (Å²) >= 11 is 3.24. The molecule has 1 aliphatic heterocycles. The van der Waals surface area contributed by atoms with Crippen LogP contribution in [0.15, 0.2) is 101 Å². The highest BCUT2D eigenvalue weighted by Gasteiger charge is 2.63. The molecule has 2 fully saturated rings. The van der Waals surface area contributed by atoms with E-state index < -0.39 is 16.8 Å². The lowest BCUT2D eigenvalue weighted by Crippen LogP contribution is -2.33. The fraction of sp³-hybridized carbons (Fsp3) is 0.143. The van der Waals surface area contributed by atoms with Crippen molar-refractivity contribution in [2.45, 2.75) is 0 Å². The lowest BCUT2D eigenvalue weighted by molar-refractivity contribution is -0.384.